The number of hydrogen-bond donors (Lipinski definition) is 2. The van der Waals surface area contributed by atoms with Crippen LogP contribution in [0.1, 0.15) is 0 Å². The topological polar surface area (TPSA) is 46.2 Å². The summed E-state index contributed by atoms with van der Waals surface area (Å²) < 4.78 is 0.821. The molecular weight excluding hydrogens is 229 g/mol. The van der Waals surface area contributed by atoms with E-state index >= 15 is 0 Å². The molecule has 0 unspecified atom stereocenters. The highest BCUT2D eigenvalue weighted by Crippen LogP contribution is 2.20. The number of phenols is 1. The van der Waals surface area contributed by atoms with Gasteiger partial charge in [0.2, 0.25) is 0 Å². The quantitative estimate of drug-likeness (QED) is 0.529. The lowest BCUT2D eigenvalue weighted by Crippen LogP contribution is -1.83. The number of phenolic OH excluding ortho intramolecular Hbond substituents is 1. The Kier molecular flexibility index (Phi) is 1.80. The third-order valence-electron chi connectivity index (χ3n) is 0.970. The largest absolute Gasteiger partial charge is 0.507 e. The molecule has 2 nitrogen and oxygen atoms in total. The van der Waals surface area contributed by atoms with Crippen LogP contribution in [0.25, 0.3) is 0 Å². The Balaban J connectivity index is 3.17. The second kappa shape index (κ2) is 2.43. The molecule has 0 aromatic heterocycles. The average molecular weight is 235 g/mol. The second-order valence-corrected chi connectivity index (χ2v) is 2.87. The highest BCUT2D eigenvalue weighted by molar-refractivity contribution is 14.1. The molecule has 0 saturated carbocycles. The Morgan fingerprint density at radius 3 is 2.56 bits per heavy atom. The van der Waals surface area contributed by atoms with Crippen molar-refractivity contribution in [2.45, 2.75) is 0 Å². The van der Waals surface area contributed by atoms with Gasteiger partial charge in [-0.25, -0.2) is 0 Å². The Morgan fingerprint density at radius 1 is 1.44 bits per heavy atom. The van der Waals surface area contributed by atoms with Crippen LogP contribution in [0.3, 0.4) is 0 Å². The minimum absolute atomic E-state index is 0.246. The van der Waals surface area contributed by atoms with Crippen molar-refractivity contribution in [2.24, 2.45) is 0 Å². The van der Waals surface area contributed by atoms with E-state index in [2.05, 4.69) is 0 Å². The number of aromatic hydroxyl groups is 1. The molecule has 0 aliphatic rings. The number of rotatable bonds is 0. The van der Waals surface area contributed by atoms with Crippen LogP contribution >= 0.6 is 22.6 Å². The van der Waals surface area contributed by atoms with Gasteiger partial charge in [0.15, 0.2) is 0 Å². The first-order valence-corrected chi connectivity index (χ1v) is 3.52. The predicted octanol–water partition coefficient (Wildman–Crippen LogP) is 1.58. The lowest BCUT2D eigenvalue weighted by molar-refractivity contribution is 0.472. The third kappa shape index (κ3) is 1.48. The van der Waals surface area contributed by atoms with Gasteiger partial charge in [-0.2, -0.15) is 0 Å². The summed E-state index contributed by atoms with van der Waals surface area (Å²) in [4.78, 5) is 0. The van der Waals surface area contributed by atoms with Crippen LogP contribution in [0.15, 0.2) is 18.2 Å². The molecule has 3 heteroatoms. The minimum Gasteiger partial charge on any atom is -0.507 e. The maximum Gasteiger partial charge on any atom is 0.130 e. The first kappa shape index (κ1) is 6.67. The summed E-state index contributed by atoms with van der Waals surface area (Å²) in [5, 5.41) is 9.01. The molecule has 0 heterocycles. The van der Waals surface area contributed by atoms with Crippen LogP contribution in [-0.4, -0.2) is 5.11 Å². The van der Waals surface area contributed by atoms with E-state index in [1.165, 1.54) is 6.07 Å². The van der Waals surface area contributed by atoms with E-state index in [1.54, 1.807) is 12.1 Å². The zero-order chi connectivity index (χ0) is 6.85. The average Bonchev–Trinajstić information content (AvgIpc) is 1.80. The molecule has 9 heavy (non-hydrogen) atoms. The van der Waals surface area contributed by atoms with Gasteiger partial charge in [-0.05, 0) is 34.7 Å². The van der Waals surface area contributed by atoms with E-state index in [1.807, 2.05) is 22.6 Å². The molecule has 0 amide bonds. The molecule has 0 saturated heterocycles. The SMILES string of the molecule is Nc1ccc(I)c(O)c1. The monoisotopic (exact) mass is 235 g/mol. The zero-order valence-electron chi connectivity index (χ0n) is 4.63. The van der Waals surface area contributed by atoms with Crippen molar-refractivity contribution in [1.82, 2.24) is 0 Å². The van der Waals surface area contributed by atoms with E-state index in [-0.39, 0.29) is 5.75 Å². The van der Waals surface area contributed by atoms with Gasteiger partial charge in [-0.1, -0.05) is 0 Å². The van der Waals surface area contributed by atoms with Gasteiger partial charge in [0.25, 0.3) is 0 Å². The molecule has 0 radical (unpaired) electrons. The van der Waals surface area contributed by atoms with Crippen LogP contribution in [0.5, 0.6) is 5.75 Å². The highest BCUT2D eigenvalue weighted by atomic mass is 127. The maximum atomic E-state index is 9.01. The third-order valence-corrected chi connectivity index (χ3v) is 1.88. The van der Waals surface area contributed by atoms with Crippen LogP contribution < -0.4 is 5.73 Å². The van der Waals surface area contributed by atoms with Crippen LogP contribution in [-0.2, 0) is 0 Å². The standard InChI is InChI=1S/C6H6INO/c7-5-2-1-4(8)3-6(5)9/h1-3,9H,8H2. The van der Waals surface area contributed by atoms with Crippen molar-refractivity contribution in [1.29, 1.82) is 0 Å². The van der Waals surface area contributed by atoms with E-state index in [0.29, 0.717) is 5.69 Å². The Hall–Kier alpha value is -0.450. The fourth-order valence-corrected chi connectivity index (χ4v) is 0.865. The van der Waals surface area contributed by atoms with Crippen molar-refractivity contribution < 1.29 is 5.11 Å². The molecule has 1 aromatic carbocycles. The summed E-state index contributed by atoms with van der Waals surface area (Å²) in [5.74, 6) is 0.246. The minimum atomic E-state index is 0.246. The smallest absolute Gasteiger partial charge is 0.130 e. The van der Waals surface area contributed by atoms with Gasteiger partial charge in [0, 0.05) is 11.8 Å². The second-order valence-electron chi connectivity index (χ2n) is 1.71. The van der Waals surface area contributed by atoms with Crippen molar-refractivity contribution in [3.63, 3.8) is 0 Å². The van der Waals surface area contributed by atoms with E-state index in [4.69, 9.17) is 10.8 Å². The van der Waals surface area contributed by atoms with Crippen LogP contribution in [0.4, 0.5) is 5.69 Å². The molecule has 3 N–H and O–H groups in total. The Labute approximate surface area is 66.8 Å². The van der Waals surface area contributed by atoms with Crippen molar-refractivity contribution in [3.8, 4) is 5.75 Å². The molecule has 0 spiro atoms. The van der Waals surface area contributed by atoms with Crippen LogP contribution in [0.2, 0.25) is 0 Å². The molecule has 48 valence electrons. The number of nitrogens with two attached hydrogens (primary N) is 1. The summed E-state index contributed by atoms with van der Waals surface area (Å²) in [5.41, 5.74) is 5.95. The molecule has 0 aliphatic carbocycles. The summed E-state index contributed by atoms with van der Waals surface area (Å²) >= 11 is 2.04. The van der Waals surface area contributed by atoms with Gasteiger partial charge in [0.1, 0.15) is 5.75 Å². The lowest BCUT2D eigenvalue weighted by atomic mass is 10.3. The van der Waals surface area contributed by atoms with Crippen molar-refractivity contribution >= 4 is 28.3 Å². The maximum absolute atomic E-state index is 9.01. The first-order chi connectivity index (χ1) is 4.20. The fraction of sp³-hybridized carbons (Fsp3) is 0. The Morgan fingerprint density at radius 2 is 2.11 bits per heavy atom. The molecule has 0 atom stereocenters. The van der Waals surface area contributed by atoms with E-state index in [9.17, 15) is 0 Å². The molecule has 0 fully saturated rings. The number of hydrogen-bond acceptors (Lipinski definition) is 2. The van der Waals surface area contributed by atoms with Gasteiger partial charge >= 0.3 is 0 Å². The number of nitrogen functional groups attached to an aromatic ring is 1. The molecule has 1 aromatic rings. The van der Waals surface area contributed by atoms with Gasteiger partial charge in [-0.15, -0.1) is 0 Å². The molecule has 0 bridgehead atoms. The van der Waals surface area contributed by atoms with Gasteiger partial charge in [0.05, 0.1) is 3.57 Å². The van der Waals surface area contributed by atoms with Gasteiger partial charge in [-0.3, -0.25) is 0 Å². The normalized spacial score (nSPS) is 9.44. The number of anilines is 1. The zero-order valence-corrected chi connectivity index (χ0v) is 6.79. The number of benzene rings is 1. The first-order valence-electron chi connectivity index (χ1n) is 2.44. The molecular formula is C6H6INO. The number of halogens is 1. The van der Waals surface area contributed by atoms with Crippen molar-refractivity contribution in [3.05, 3.63) is 21.8 Å². The Bertz CT molecular complexity index is 224. The fourth-order valence-electron chi connectivity index (χ4n) is 0.530. The van der Waals surface area contributed by atoms with E-state index in [0.717, 1.165) is 3.57 Å². The van der Waals surface area contributed by atoms with Crippen molar-refractivity contribution in [2.75, 3.05) is 5.73 Å². The van der Waals surface area contributed by atoms with Gasteiger partial charge < -0.3 is 10.8 Å². The van der Waals surface area contributed by atoms with Crippen LogP contribution in [0, 0.1) is 3.57 Å². The highest BCUT2D eigenvalue weighted by Gasteiger charge is 1.94. The summed E-state index contributed by atoms with van der Waals surface area (Å²) in [6, 6.07) is 5.05. The predicted molar refractivity (Wildman–Crippen MR) is 45.2 cm³/mol. The molecule has 0 aliphatic heterocycles. The summed E-state index contributed by atoms with van der Waals surface area (Å²) in [6.07, 6.45) is 0. The summed E-state index contributed by atoms with van der Waals surface area (Å²) in [6.45, 7) is 0. The lowest BCUT2D eigenvalue weighted by Gasteiger charge is -1.95. The molecule has 1 rings (SSSR count). The summed E-state index contributed by atoms with van der Waals surface area (Å²) in [7, 11) is 0. The van der Waals surface area contributed by atoms with E-state index < -0.39 is 0 Å².